The minimum absolute atomic E-state index is 0.129. The number of sulfone groups is 1. The molecule has 9 heteroatoms. The number of hydrogen-bond donors (Lipinski definition) is 2. The molecule has 0 saturated carbocycles. The molecule has 31 heavy (non-hydrogen) atoms. The van der Waals surface area contributed by atoms with Gasteiger partial charge in [-0.1, -0.05) is 12.1 Å². The number of carbonyl (C=O) groups excluding carboxylic acids is 1. The normalized spacial score (nSPS) is 12.6. The van der Waals surface area contributed by atoms with Gasteiger partial charge < -0.3 is 9.84 Å². The van der Waals surface area contributed by atoms with E-state index in [2.05, 4.69) is 10.3 Å². The predicted molar refractivity (Wildman–Crippen MR) is 122 cm³/mol. The van der Waals surface area contributed by atoms with E-state index in [1.54, 1.807) is 25.3 Å². The lowest BCUT2D eigenvalue weighted by molar-refractivity contribution is -0.111. The number of thiazole rings is 1. The van der Waals surface area contributed by atoms with Crippen molar-refractivity contribution in [1.82, 2.24) is 4.98 Å². The molecule has 0 spiro atoms. The largest absolute Gasteiger partial charge is 0.497 e. The number of aliphatic hydroxyl groups excluding tert-OH is 1. The van der Waals surface area contributed by atoms with E-state index in [0.29, 0.717) is 10.7 Å². The van der Waals surface area contributed by atoms with Crippen LogP contribution in [0.2, 0.25) is 0 Å². The highest BCUT2D eigenvalue weighted by Crippen LogP contribution is 2.26. The van der Waals surface area contributed by atoms with Crippen molar-refractivity contribution >= 4 is 38.3 Å². The molecule has 1 atom stereocenters. The van der Waals surface area contributed by atoms with E-state index in [0.717, 1.165) is 17.0 Å². The van der Waals surface area contributed by atoms with Crippen LogP contribution < -0.4 is 10.1 Å². The molecule has 1 unspecified atom stereocenters. The summed E-state index contributed by atoms with van der Waals surface area (Å²) in [6, 6.07) is 13.6. The minimum atomic E-state index is -3.54. The number of methoxy groups -OCH3 is 1. The zero-order valence-corrected chi connectivity index (χ0v) is 18.6. The molecule has 0 radical (unpaired) electrons. The summed E-state index contributed by atoms with van der Waals surface area (Å²) in [5.41, 5.74) is 2.34. The Hall–Kier alpha value is -3.01. The highest BCUT2D eigenvalue weighted by Gasteiger charge is 2.16. The van der Waals surface area contributed by atoms with Gasteiger partial charge in [0.25, 0.3) is 0 Å². The van der Waals surface area contributed by atoms with Crippen molar-refractivity contribution in [3.8, 4) is 17.0 Å². The van der Waals surface area contributed by atoms with Crippen LogP contribution in [0.25, 0.3) is 17.3 Å². The van der Waals surface area contributed by atoms with Gasteiger partial charge in [0, 0.05) is 17.0 Å². The summed E-state index contributed by atoms with van der Waals surface area (Å²) in [6.07, 6.45) is 2.00. The molecule has 0 fully saturated rings. The van der Waals surface area contributed by atoms with Gasteiger partial charge in [-0.2, -0.15) is 0 Å². The molecule has 3 aromatic rings. The number of amides is 1. The lowest BCUT2D eigenvalue weighted by Gasteiger charge is -2.06. The van der Waals surface area contributed by atoms with Crippen molar-refractivity contribution in [3.05, 3.63) is 65.6 Å². The molecular weight excluding hydrogens is 436 g/mol. The van der Waals surface area contributed by atoms with Crippen molar-refractivity contribution < 1.29 is 23.1 Å². The molecule has 0 aliphatic heterocycles. The van der Waals surface area contributed by atoms with Crippen LogP contribution in [0.5, 0.6) is 5.75 Å². The van der Waals surface area contributed by atoms with Crippen LogP contribution in [-0.2, 0) is 14.6 Å². The highest BCUT2D eigenvalue weighted by molar-refractivity contribution is 7.91. The number of nitrogens with zero attached hydrogens (tertiary/aromatic N) is 1. The Morgan fingerprint density at radius 1 is 1.19 bits per heavy atom. The summed E-state index contributed by atoms with van der Waals surface area (Å²) < 4.78 is 29.4. The molecule has 2 aromatic carbocycles. The van der Waals surface area contributed by atoms with Crippen LogP contribution >= 0.6 is 11.3 Å². The second-order valence-electron chi connectivity index (χ2n) is 6.79. The van der Waals surface area contributed by atoms with Gasteiger partial charge in [-0.3, -0.25) is 10.1 Å². The van der Waals surface area contributed by atoms with Crippen LogP contribution in [0.1, 0.15) is 12.5 Å². The topological polar surface area (TPSA) is 106 Å². The molecule has 0 aliphatic carbocycles. The Morgan fingerprint density at radius 2 is 1.87 bits per heavy atom. The van der Waals surface area contributed by atoms with Gasteiger partial charge in [0.15, 0.2) is 15.0 Å². The first-order valence-corrected chi connectivity index (χ1v) is 11.9. The standard InChI is InChI=1S/C22H22N2O5S2/c1-15(25)14-31(27,28)19-10-3-16(4-11-19)5-12-21(26)24-22-23-20(13-30-22)17-6-8-18(29-2)9-7-17/h3-13,15,25H,14H2,1-2H3,(H,23,24,26)/b12-5-. The number of benzene rings is 2. The van der Waals surface area contributed by atoms with Gasteiger partial charge in [-0.15, -0.1) is 11.3 Å². The van der Waals surface area contributed by atoms with Crippen LogP contribution in [0.3, 0.4) is 0 Å². The quantitative estimate of drug-likeness (QED) is 0.500. The number of carbonyl (C=O) groups is 1. The summed E-state index contributed by atoms with van der Waals surface area (Å²) in [5.74, 6) is 0.0735. The zero-order chi connectivity index (χ0) is 22.4. The smallest absolute Gasteiger partial charge is 0.250 e. The molecule has 1 heterocycles. The third-order valence-electron chi connectivity index (χ3n) is 4.25. The molecular formula is C22H22N2O5S2. The first kappa shape index (κ1) is 22.7. The Labute approximate surface area is 185 Å². The molecule has 0 saturated heterocycles. The molecule has 0 bridgehead atoms. The maximum Gasteiger partial charge on any atom is 0.250 e. The maximum absolute atomic E-state index is 12.2. The van der Waals surface area contributed by atoms with Crippen molar-refractivity contribution in [2.24, 2.45) is 0 Å². The number of hydrogen-bond acceptors (Lipinski definition) is 7. The molecule has 1 amide bonds. The molecule has 1 aromatic heterocycles. The Bertz CT molecular complexity index is 1170. The van der Waals surface area contributed by atoms with Crippen molar-refractivity contribution in [2.75, 3.05) is 18.2 Å². The van der Waals surface area contributed by atoms with Crippen LogP contribution in [0.4, 0.5) is 5.13 Å². The third kappa shape index (κ3) is 6.24. The molecule has 0 aliphatic rings. The molecule has 2 N–H and O–H groups in total. The van der Waals surface area contributed by atoms with Gasteiger partial charge in [-0.25, -0.2) is 13.4 Å². The third-order valence-corrected chi connectivity index (χ3v) is 6.92. The SMILES string of the molecule is COc1ccc(-c2csc(NC(=O)/C=C\c3ccc(S(=O)(=O)CC(C)O)cc3)n2)cc1. The first-order valence-electron chi connectivity index (χ1n) is 9.37. The van der Waals surface area contributed by atoms with Crippen molar-refractivity contribution in [2.45, 2.75) is 17.9 Å². The Kier molecular flexibility index (Phi) is 7.21. The van der Waals surface area contributed by atoms with Gasteiger partial charge in [0.05, 0.1) is 29.6 Å². The zero-order valence-electron chi connectivity index (χ0n) is 17.0. The fourth-order valence-corrected chi connectivity index (χ4v) is 4.85. The van der Waals surface area contributed by atoms with Gasteiger partial charge in [0.1, 0.15) is 5.75 Å². The summed E-state index contributed by atoms with van der Waals surface area (Å²) in [4.78, 5) is 16.7. The second kappa shape index (κ2) is 9.86. The number of ether oxygens (including phenoxy) is 1. The van der Waals surface area contributed by atoms with Crippen LogP contribution in [0, 0.1) is 0 Å². The highest BCUT2D eigenvalue weighted by atomic mass is 32.2. The number of aliphatic hydroxyl groups is 1. The lowest BCUT2D eigenvalue weighted by Crippen LogP contribution is -2.17. The molecule has 3 rings (SSSR count). The van der Waals surface area contributed by atoms with Gasteiger partial charge in [0.2, 0.25) is 5.91 Å². The number of rotatable bonds is 8. The van der Waals surface area contributed by atoms with E-state index in [-0.39, 0.29) is 16.6 Å². The monoisotopic (exact) mass is 458 g/mol. The average Bonchev–Trinajstić information content (AvgIpc) is 3.20. The van der Waals surface area contributed by atoms with E-state index in [9.17, 15) is 18.3 Å². The van der Waals surface area contributed by atoms with Gasteiger partial charge in [-0.05, 0) is 55.0 Å². The second-order valence-corrected chi connectivity index (χ2v) is 9.68. The van der Waals surface area contributed by atoms with E-state index >= 15 is 0 Å². The number of nitrogens with one attached hydrogen (secondary N) is 1. The molecule has 7 nitrogen and oxygen atoms in total. The van der Waals surface area contributed by atoms with Crippen LogP contribution in [0.15, 0.2) is 64.9 Å². The summed E-state index contributed by atoms with van der Waals surface area (Å²) in [6.45, 7) is 1.43. The van der Waals surface area contributed by atoms with Gasteiger partial charge >= 0.3 is 0 Å². The minimum Gasteiger partial charge on any atom is -0.497 e. The molecule has 162 valence electrons. The Morgan fingerprint density at radius 3 is 2.48 bits per heavy atom. The first-order chi connectivity index (χ1) is 14.8. The van der Waals surface area contributed by atoms with E-state index in [1.165, 1.54) is 36.5 Å². The lowest BCUT2D eigenvalue weighted by atomic mass is 10.2. The predicted octanol–water partition coefficient (Wildman–Crippen LogP) is 3.63. The maximum atomic E-state index is 12.2. The Balaban J connectivity index is 1.61. The van der Waals surface area contributed by atoms with Crippen molar-refractivity contribution in [3.63, 3.8) is 0 Å². The summed E-state index contributed by atoms with van der Waals surface area (Å²) in [5, 5.41) is 14.4. The van der Waals surface area contributed by atoms with Crippen molar-refractivity contribution in [1.29, 1.82) is 0 Å². The summed E-state index contributed by atoms with van der Waals surface area (Å²) in [7, 11) is -1.94. The van der Waals surface area contributed by atoms with E-state index in [1.807, 2.05) is 29.6 Å². The van der Waals surface area contributed by atoms with E-state index < -0.39 is 15.9 Å². The fourth-order valence-electron chi connectivity index (χ4n) is 2.74. The number of anilines is 1. The number of aromatic nitrogens is 1. The summed E-state index contributed by atoms with van der Waals surface area (Å²) >= 11 is 1.32. The van der Waals surface area contributed by atoms with E-state index in [4.69, 9.17) is 4.74 Å². The average molecular weight is 459 g/mol. The fraction of sp³-hybridized carbons (Fsp3) is 0.182. The van der Waals surface area contributed by atoms with Crippen LogP contribution in [-0.4, -0.2) is 43.4 Å².